The summed E-state index contributed by atoms with van der Waals surface area (Å²) < 4.78 is 0. The van der Waals surface area contributed by atoms with Crippen molar-refractivity contribution in [3.8, 4) is 0 Å². The van der Waals surface area contributed by atoms with Gasteiger partial charge in [0.15, 0.2) is 0 Å². The van der Waals surface area contributed by atoms with Crippen molar-refractivity contribution in [3.05, 3.63) is 59.6 Å². The fourth-order valence-electron chi connectivity index (χ4n) is 2.80. The van der Waals surface area contributed by atoms with Crippen molar-refractivity contribution in [2.24, 2.45) is 11.8 Å². The predicted octanol–water partition coefficient (Wildman–Crippen LogP) is 3.97. The number of carbonyl (C=O) groups is 2. The Balaban J connectivity index is 1.62. The number of amides is 2. The Hall–Kier alpha value is -2.33. The van der Waals surface area contributed by atoms with E-state index in [1.54, 1.807) is 29.2 Å². The van der Waals surface area contributed by atoms with Crippen LogP contribution in [-0.2, 0) is 9.59 Å². The molecule has 1 saturated carbocycles. The molecular weight excluding hydrogens is 324 g/mol. The monoisotopic (exact) mass is 342 g/mol. The van der Waals surface area contributed by atoms with Crippen LogP contribution in [0.2, 0.25) is 5.02 Å². The number of benzene rings is 2. The minimum atomic E-state index is -0.258. The molecule has 0 bridgehead atoms. The van der Waals surface area contributed by atoms with Crippen LogP contribution in [0.5, 0.6) is 0 Å². The fourth-order valence-corrected chi connectivity index (χ4v) is 2.93. The maximum Gasteiger partial charge on any atom is 0.230 e. The van der Waals surface area contributed by atoms with Crippen LogP contribution in [0.4, 0.5) is 11.4 Å². The fraction of sp³-hybridized carbons (Fsp3) is 0.263. The summed E-state index contributed by atoms with van der Waals surface area (Å²) in [6.45, 7) is 2.53. The van der Waals surface area contributed by atoms with Gasteiger partial charge in [-0.2, -0.15) is 0 Å². The highest BCUT2D eigenvalue weighted by Gasteiger charge is 2.49. The molecule has 1 aliphatic carbocycles. The number of halogens is 1. The number of nitrogens with zero attached hydrogens (tertiary/aromatic N) is 1. The third-order valence-electron chi connectivity index (χ3n) is 4.21. The lowest BCUT2D eigenvalue weighted by Crippen LogP contribution is -2.33. The van der Waals surface area contributed by atoms with Gasteiger partial charge in [0.25, 0.3) is 0 Å². The summed E-state index contributed by atoms with van der Waals surface area (Å²) in [5, 5.41) is 3.46. The largest absolute Gasteiger partial charge is 0.326 e. The topological polar surface area (TPSA) is 49.4 Å². The van der Waals surface area contributed by atoms with Crippen molar-refractivity contribution < 1.29 is 9.59 Å². The van der Waals surface area contributed by atoms with E-state index in [1.807, 2.05) is 37.3 Å². The van der Waals surface area contributed by atoms with Crippen LogP contribution in [0.15, 0.2) is 54.6 Å². The van der Waals surface area contributed by atoms with Crippen LogP contribution in [0.3, 0.4) is 0 Å². The van der Waals surface area contributed by atoms with Gasteiger partial charge in [-0.05, 0) is 49.7 Å². The zero-order valence-corrected chi connectivity index (χ0v) is 14.2. The number of hydrogen-bond acceptors (Lipinski definition) is 2. The van der Waals surface area contributed by atoms with Gasteiger partial charge in [-0.25, -0.2) is 0 Å². The van der Waals surface area contributed by atoms with E-state index < -0.39 is 0 Å². The average Bonchev–Trinajstić information content (AvgIpc) is 3.39. The Labute approximate surface area is 146 Å². The maximum atomic E-state index is 12.7. The highest BCUT2D eigenvalue weighted by atomic mass is 35.5. The molecule has 0 aromatic heterocycles. The van der Waals surface area contributed by atoms with Gasteiger partial charge in [-0.15, -0.1) is 0 Å². The molecule has 4 nitrogen and oxygen atoms in total. The number of para-hydroxylation sites is 1. The van der Waals surface area contributed by atoms with Crippen LogP contribution < -0.4 is 10.2 Å². The van der Waals surface area contributed by atoms with E-state index in [0.717, 1.165) is 5.69 Å². The highest BCUT2D eigenvalue weighted by Crippen LogP contribution is 2.41. The van der Waals surface area contributed by atoms with Crippen LogP contribution in [0, 0.1) is 11.8 Å². The molecule has 2 aromatic carbocycles. The standard InChI is InChI=1S/C19H19ClN2O2/c1-2-22(15-6-4-3-5-7-15)19(24)17-12-16(17)18(23)21-14-10-8-13(20)9-11-14/h3-11,16-17H,2,12H2,1H3,(H,21,23). The second-order valence-corrected chi connectivity index (χ2v) is 6.30. The first kappa shape index (κ1) is 16.5. The Kier molecular flexibility index (Phi) is 4.86. The van der Waals surface area contributed by atoms with Crippen molar-refractivity contribution in [1.29, 1.82) is 0 Å². The number of carbonyl (C=O) groups excluding carboxylic acids is 2. The second-order valence-electron chi connectivity index (χ2n) is 5.86. The first-order valence-corrected chi connectivity index (χ1v) is 8.40. The van der Waals surface area contributed by atoms with Gasteiger partial charge in [-0.1, -0.05) is 29.8 Å². The lowest BCUT2D eigenvalue weighted by molar-refractivity contribution is -0.123. The van der Waals surface area contributed by atoms with E-state index >= 15 is 0 Å². The Bertz CT molecular complexity index is 731. The van der Waals surface area contributed by atoms with E-state index in [9.17, 15) is 9.59 Å². The quantitative estimate of drug-likeness (QED) is 0.893. The van der Waals surface area contributed by atoms with Crippen molar-refractivity contribution in [2.45, 2.75) is 13.3 Å². The molecular formula is C19H19ClN2O2. The lowest BCUT2D eigenvalue weighted by atomic mass is 10.2. The minimum absolute atomic E-state index is 0.0138. The van der Waals surface area contributed by atoms with E-state index in [2.05, 4.69) is 5.32 Å². The van der Waals surface area contributed by atoms with E-state index in [4.69, 9.17) is 11.6 Å². The smallest absolute Gasteiger partial charge is 0.230 e. The lowest BCUT2D eigenvalue weighted by Gasteiger charge is -2.21. The van der Waals surface area contributed by atoms with Crippen molar-refractivity contribution >= 4 is 34.8 Å². The van der Waals surface area contributed by atoms with Crippen molar-refractivity contribution in [3.63, 3.8) is 0 Å². The summed E-state index contributed by atoms with van der Waals surface area (Å²) in [6.07, 6.45) is 0.599. The van der Waals surface area contributed by atoms with E-state index in [-0.39, 0.29) is 23.7 Å². The average molecular weight is 343 g/mol. The van der Waals surface area contributed by atoms with Gasteiger partial charge in [0.05, 0.1) is 11.8 Å². The molecule has 3 rings (SSSR count). The molecule has 1 aliphatic rings. The van der Waals surface area contributed by atoms with Gasteiger partial charge >= 0.3 is 0 Å². The van der Waals surface area contributed by atoms with E-state index in [0.29, 0.717) is 23.7 Å². The highest BCUT2D eigenvalue weighted by molar-refractivity contribution is 6.30. The van der Waals surface area contributed by atoms with Crippen LogP contribution in [-0.4, -0.2) is 18.4 Å². The SMILES string of the molecule is CCN(C(=O)C1CC1C(=O)Nc1ccc(Cl)cc1)c1ccccc1. The van der Waals surface area contributed by atoms with Crippen LogP contribution >= 0.6 is 11.6 Å². The van der Waals surface area contributed by atoms with Gasteiger partial charge in [0, 0.05) is 22.9 Å². The molecule has 5 heteroatoms. The first-order valence-electron chi connectivity index (χ1n) is 8.03. The molecule has 1 fully saturated rings. The van der Waals surface area contributed by atoms with Gasteiger partial charge in [0.2, 0.25) is 11.8 Å². The van der Waals surface area contributed by atoms with Crippen molar-refractivity contribution in [2.75, 3.05) is 16.8 Å². The van der Waals surface area contributed by atoms with Gasteiger partial charge in [-0.3, -0.25) is 9.59 Å². The molecule has 0 spiro atoms. The summed E-state index contributed by atoms with van der Waals surface area (Å²) in [5.74, 6) is -0.594. The summed E-state index contributed by atoms with van der Waals surface area (Å²) in [7, 11) is 0. The summed E-state index contributed by atoms with van der Waals surface area (Å²) in [4.78, 5) is 26.7. The molecule has 0 radical (unpaired) electrons. The number of rotatable bonds is 5. The molecule has 1 N–H and O–H groups in total. The minimum Gasteiger partial charge on any atom is -0.326 e. The van der Waals surface area contributed by atoms with Gasteiger partial charge in [0.1, 0.15) is 0 Å². The maximum absolute atomic E-state index is 12.7. The molecule has 2 aromatic rings. The van der Waals surface area contributed by atoms with E-state index in [1.165, 1.54) is 0 Å². The number of anilines is 2. The third-order valence-corrected chi connectivity index (χ3v) is 4.46. The van der Waals surface area contributed by atoms with Crippen LogP contribution in [0.1, 0.15) is 13.3 Å². The molecule has 2 amide bonds. The number of hydrogen-bond donors (Lipinski definition) is 1. The zero-order chi connectivity index (χ0) is 17.1. The molecule has 0 aliphatic heterocycles. The normalized spacial score (nSPS) is 18.8. The molecule has 0 heterocycles. The summed E-state index contributed by atoms with van der Waals surface area (Å²) >= 11 is 5.83. The second kappa shape index (κ2) is 7.05. The third kappa shape index (κ3) is 3.60. The number of nitrogens with one attached hydrogen (secondary N) is 1. The molecule has 124 valence electrons. The molecule has 24 heavy (non-hydrogen) atoms. The molecule has 2 unspecified atom stereocenters. The predicted molar refractivity (Wildman–Crippen MR) is 96.1 cm³/mol. The van der Waals surface area contributed by atoms with Crippen molar-refractivity contribution in [1.82, 2.24) is 0 Å². The molecule has 0 saturated heterocycles. The zero-order valence-electron chi connectivity index (χ0n) is 13.4. The van der Waals surface area contributed by atoms with Crippen LogP contribution in [0.25, 0.3) is 0 Å². The Morgan fingerprint density at radius 3 is 2.38 bits per heavy atom. The van der Waals surface area contributed by atoms with Gasteiger partial charge < -0.3 is 10.2 Å². The summed E-state index contributed by atoms with van der Waals surface area (Å²) in [5.41, 5.74) is 1.56. The molecule has 2 atom stereocenters. The summed E-state index contributed by atoms with van der Waals surface area (Å²) in [6, 6.07) is 16.5. The Morgan fingerprint density at radius 1 is 1.08 bits per heavy atom. The first-order chi connectivity index (χ1) is 11.6. The Morgan fingerprint density at radius 2 is 1.75 bits per heavy atom.